The molecule has 2 aliphatic rings. The van der Waals surface area contributed by atoms with E-state index in [1.54, 1.807) is 12.1 Å². The Morgan fingerprint density at radius 2 is 1.62 bits per heavy atom. The van der Waals surface area contributed by atoms with E-state index in [0.29, 0.717) is 18.7 Å². The Morgan fingerprint density at radius 3 is 2.22 bits per heavy atom. The number of carboxylic acid groups (broad SMARTS) is 1. The lowest BCUT2D eigenvalue weighted by molar-refractivity contribution is -0.132. The highest BCUT2D eigenvalue weighted by Crippen LogP contribution is 2.25. The highest BCUT2D eigenvalue weighted by Gasteiger charge is 2.23. The summed E-state index contributed by atoms with van der Waals surface area (Å²) in [4.78, 5) is 42.9. The molecule has 8 heteroatoms. The summed E-state index contributed by atoms with van der Waals surface area (Å²) in [6.07, 6.45) is 4.96. The van der Waals surface area contributed by atoms with Gasteiger partial charge in [0, 0.05) is 51.4 Å². The number of likely N-dealkylation sites (tertiary alicyclic amines) is 1. The van der Waals surface area contributed by atoms with Gasteiger partial charge in [0.05, 0.1) is 17.8 Å². The molecule has 0 spiro atoms. The van der Waals surface area contributed by atoms with Crippen LogP contribution in [0, 0.1) is 5.92 Å². The van der Waals surface area contributed by atoms with Crippen LogP contribution in [0.15, 0.2) is 18.2 Å². The van der Waals surface area contributed by atoms with Gasteiger partial charge in [0.25, 0.3) is 0 Å². The summed E-state index contributed by atoms with van der Waals surface area (Å²) in [6, 6.07) is 5.16. The first-order chi connectivity index (χ1) is 15.3. The second-order valence-corrected chi connectivity index (χ2v) is 9.24. The highest BCUT2D eigenvalue weighted by molar-refractivity contribution is 6.01. The molecule has 32 heavy (non-hydrogen) atoms. The number of amides is 2. The van der Waals surface area contributed by atoms with Gasteiger partial charge in [0.2, 0.25) is 11.8 Å². The molecule has 0 unspecified atom stereocenters. The number of hydrogen-bond acceptors (Lipinski definition) is 5. The number of anilines is 2. The maximum atomic E-state index is 12.7. The lowest BCUT2D eigenvalue weighted by Crippen LogP contribution is -2.50. The average molecular weight is 445 g/mol. The third-order valence-corrected chi connectivity index (χ3v) is 6.16. The molecular weight excluding hydrogens is 408 g/mol. The van der Waals surface area contributed by atoms with Crippen molar-refractivity contribution in [3.8, 4) is 0 Å². The molecule has 0 saturated carbocycles. The lowest BCUT2D eigenvalue weighted by atomic mass is 10.1. The van der Waals surface area contributed by atoms with E-state index >= 15 is 0 Å². The summed E-state index contributed by atoms with van der Waals surface area (Å²) < 4.78 is 0. The first-order valence-corrected chi connectivity index (χ1v) is 11.8. The Balaban J connectivity index is 1.57. The quantitative estimate of drug-likeness (QED) is 0.672. The second-order valence-electron chi connectivity index (χ2n) is 9.24. The molecule has 2 heterocycles. The molecule has 3 rings (SSSR count). The number of benzene rings is 1. The summed E-state index contributed by atoms with van der Waals surface area (Å²) in [5.41, 5.74) is 1.25. The zero-order chi connectivity index (χ0) is 23.1. The Labute approximate surface area is 190 Å². The van der Waals surface area contributed by atoms with E-state index in [9.17, 15) is 19.5 Å². The number of nitrogens with one attached hydrogen (secondary N) is 1. The van der Waals surface area contributed by atoms with Gasteiger partial charge in [-0.25, -0.2) is 4.79 Å². The standard InChI is InChI=1S/C24H36N4O4/c1-18(2)15-22(29)25-21-8-7-19(16-20(21)24(31)32)27-13-11-26(12-14-27)17-23(30)28-9-5-3-4-6-10-28/h7-8,16,18H,3-6,9-15,17H2,1-2H3,(H,25,29)(H,31,32). The predicted octanol–water partition coefficient (Wildman–Crippen LogP) is 2.89. The maximum Gasteiger partial charge on any atom is 0.337 e. The molecule has 176 valence electrons. The topological polar surface area (TPSA) is 93.2 Å². The molecule has 1 aromatic rings. The maximum absolute atomic E-state index is 12.7. The smallest absolute Gasteiger partial charge is 0.337 e. The van der Waals surface area contributed by atoms with Crippen molar-refractivity contribution in [1.29, 1.82) is 0 Å². The molecule has 8 nitrogen and oxygen atoms in total. The number of aromatic carboxylic acids is 1. The predicted molar refractivity (Wildman–Crippen MR) is 125 cm³/mol. The summed E-state index contributed by atoms with van der Waals surface area (Å²) in [7, 11) is 0. The molecular formula is C24H36N4O4. The summed E-state index contributed by atoms with van der Waals surface area (Å²) in [5, 5.41) is 12.4. The summed E-state index contributed by atoms with van der Waals surface area (Å²) in [5.74, 6) is -0.827. The zero-order valence-electron chi connectivity index (χ0n) is 19.3. The Kier molecular flexibility index (Phi) is 8.50. The number of carbonyl (C=O) groups is 3. The normalized spacial score (nSPS) is 17.8. The Morgan fingerprint density at radius 1 is 0.969 bits per heavy atom. The summed E-state index contributed by atoms with van der Waals surface area (Å²) >= 11 is 0. The Bertz CT molecular complexity index is 810. The minimum Gasteiger partial charge on any atom is -0.478 e. The van der Waals surface area contributed by atoms with Crippen molar-refractivity contribution in [2.24, 2.45) is 5.92 Å². The van der Waals surface area contributed by atoms with Crippen molar-refractivity contribution in [2.75, 3.05) is 56.0 Å². The molecule has 2 amide bonds. The monoisotopic (exact) mass is 444 g/mol. The number of rotatable bonds is 7. The van der Waals surface area contributed by atoms with E-state index in [4.69, 9.17) is 0 Å². The van der Waals surface area contributed by atoms with Crippen LogP contribution >= 0.6 is 0 Å². The fourth-order valence-corrected chi connectivity index (χ4v) is 4.36. The first-order valence-electron chi connectivity index (χ1n) is 11.8. The van der Waals surface area contributed by atoms with Crippen LogP contribution in [0.4, 0.5) is 11.4 Å². The SMILES string of the molecule is CC(C)CC(=O)Nc1ccc(N2CCN(CC(=O)N3CCCCCC3)CC2)cc1C(=O)O. The number of hydrogen-bond donors (Lipinski definition) is 2. The van der Waals surface area contributed by atoms with E-state index in [0.717, 1.165) is 57.8 Å². The van der Waals surface area contributed by atoms with Gasteiger partial charge in [-0.3, -0.25) is 14.5 Å². The van der Waals surface area contributed by atoms with Crippen molar-refractivity contribution < 1.29 is 19.5 Å². The fraction of sp³-hybridized carbons (Fsp3) is 0.625. The summed E-state index contributed by atoms with van der Waals surface area (Å²) in [6.45, 7) is 9.06. The van der Waals surface area contributed by atoms with Crippen LogP contribution in [0.2, 0.25) is 0 Å². The molecule has 2 saturated heterocycles. The first kappa shape index (κ1) is 24.0. The van der Waals surface area contributed by atoms with Gasteiger partial charge >= 0.3 is 5.97 Å². The van der Waals surface area contributed by atoms with E-state index in [1.807, 2.05) is 24.8 Å². The van der Waals surface area contributed by atoms with E-state index < -0.39 is 5.97 Å². The van der Waals surface area contributed by atoms with Crippen LogP contribution < -0.4 is 10.2 Å². The molecule has 0 aromatic heterocycles. The van der Waals surface area contributed by atoms with Crippen LogP contribution in [0.25, 0.3) is 0 Å². The van der Waals surface area contributed by atoms with Gasteiger partial charge in [-0.2, -0.15) is 0 Å². The molecule has 2 N–H and O–H groups in total. The van der Waals surface area contributed by atoms with E-state index in [1.165, 1.54) is 12.8 Å². The van der Waals surface area contributed by atoms with Gasteiger partial charge in [-0.1, -0.05) is 26.7 Å². The minimum atomic E-state index is -1.06. The molecule has 0 bridgehead atoms. The molecule has 2 aliphatic heterocycles. The fourth-order valence-electron chi connectivity index (χ4n) is 4.36. The van der Waals surface area contributed by atoms with Crippen LogP contribution in [-0.2, 0) is 9.59 Å². The van der Waals surface area contributed by atoms with Crippen LogP contribution in [-0.4, -0.2) is 78.5 Å². The molecule has 0 radical (unpaired) electrons. The van der Waals surface area contributed by atoms with Gasteiger partial charge in [-0.15, -0.1) is 0 Å². The van der Waals surface area contributed by atoms with Gasteiger partial charge in [0.15, 0.2) is 0 Å². The molecule has 2 fully saturated rings. The second kappa shape index (κ2) is 11.3. The van der Waals surface area contributed by atoms with Gasteiger partial charge in [-0.05, 0) is 37.0 Å². The van der Waals surface area contributed by atoms with E-state index in [2.05, 4.69) is 15.1 Å². The van der Waals surface area contributed by atoms with Crippen molar-refractivity contribution >= 4 is 29.2 Å². The van der Waals surface area contributed by atoms with Crippen molar-refractivity contribution in [1.82, 2.24) is 9.80 Å². The Hall–Kier alpha value is -2.61. The average Bonchev–Trinajstić information content (AvgIpc) is 3.03. The number of piperazine rings is 1. The molecule has 0 aliphatic carbocycles. The number of carbonyl (C=O) groups excluding carboxylic acids is 2. The lowest BCUT2D eigenvalue weighted by Gasteiger charge is -2.36. The van der Waals surface area contributed by atoms with Crippen molar-refractivity contribution in [3.05, 3.63) is 23.8 Å². The van der Waals surface area contributed by atoms with Crippen molar-refractivity contribution in [2.45, 2.75) is 46.0 Å². The zero-order valence-corrected chi connectivity index (χ0v) is 19.3. The minimum absolute atomic E-state index is 0.0957. The third kappa shape index (κ3) is 6.69. The van der Waals surface area contributed by atoms with Gasteiger partial charge in [0.1, 0.15) is 0 Å². The number of nitrogens with zero attached hydrogens (tertiary/aromatic N) is 3. The third-order valence-electron chi connectivity index (χ3n) is 6.16. The number of carboxylic acids is 1. The van der Waals surface area contributed by atoms with Gasteiger partial charge < -0.3 is 20.2 Å². The molecule has 0 atom stereocenters. The van der Waals surface area contributed by atoms with E-state index in [-0.39, 0.29) is 23.3 Å². The largest absolute Gasteiger partial charge is 0.478 e. The van der Waals surface area contributed by atoms with Crippen molar-refractivity contribution in [3.63, 3.8) is 0 Å². The van der Waals surface area contributed by atoms with Crippen LogP contribution in [0.1, 0.15) is 56.3 Å². The molecule has 1 aromatic carbocycles. The van der Waals surface area contributed by atoms with Crippen LogP contribution in [0.5, 0.6) is 0 Å². The highest BCUT2D eigenvalue weighted by atomic mass is 16.4. The van der Waals surface area contributed by atoms with Crippen LogP contribution in [0.3, 0.4) is 0 Å².